The van der Waals surface area contributed by atoms with E-state index >= 15 is 0 Å². The minimum absolute atomic E-state index is 0. The van der Waals surface area contributed by atoms with E-state index in [4.69, 9.17) is 36.8 Å². The fourth-order valence-corrected chi connectivity index (χ4v) is 4.86. The average Bonchev–Trinajstić information content (AvgIpc) is 3.17. The summed E-state index contributed by atoms with van der Waals surface area (Å²) in [5.74, 6) is 0. The Morgan fingerprint density at radius 3 is 2.23 bits per heavy atom. The van der Waals surface area contributed by atoms with Crippen LogP contribution >= 0.6 is 92.4 Å². The molecule has 2 aliphatic rings. The maximum Gasteiger partial charge on any atom is 0.447 e. The van der Waals surface area contributed by atoms with Crippen molar-refractivity contribution in [2.24, 2.45) is 4.99 Å². The van der Waals surface area contributed by atoms with Gasteiger partial charge in [-0.15, -0.1) is 0 Å². The quantitative estimate of drug-likeness (QED) is 0.166. The Kier molecular flexibility index (Phi) is 11.1. The molecular weight excluding hydrogens is 721 g/mol. The average molecular weight is 738 g/mol. The van der Waals surface area contributed by atoms with Gasteiger partial charge in [-0.2, -0.15) is 13.2 Å². The number of hydrogen-bond acceptors (Lipinski definition) is 3. The number of benzene rings is 2. The second kappa shape index (κ2) is 12.5. The SMILES string of the molecule is C.FC(F)(F)SC1=Nc2cc(Cl)c(I)cc2C1.S=C1Cc2cc(I)c(Cl)cc2N1.[2H]CF. The van der Waals surface area contributed by atoms with E-state index in [9.17, 15) is 17.6 Å². The van der Waals surface area contributed by atoms with Crippen molar-refractivity contribution >= 4 is 114 Å². The normalized spacial score (nSPS) is 13.9. The van der Waals surface area contributed by atoms with Crippen molar-refractivity contribution in [1.82, 2.24) is 0 Å². The Labute approximate surface area is 226 Å². The Balaban J connectivity index is 0.000000285. The van der Waals surface area contributed by atoms with Crippen LogP contribution in [-0.4, -0.2) is 22.7 Å². The molecule has 2 nitrogen and oxygen atoms in total. The van der Waals surface area contributed by atoms with Gasteiger partial charge < -0.3 is 5.32 Å². The molecule has 0 saturated heterocycles. The zero-order valence-electron chi connectivity index (χ0n) is 15.7. The number of anilines is 1. The molecule has 0 saturated carbocycles. The van der Waals surface area contributed by atoms with Crippen molar-refractivity contribution < 1.29 is 18.9 Å². The van der Waals surface area contributed by atoms with Crippen molar-refractivity contribution in [3.63, 3.8) is 0 Å². The van der Waals surface area contributed by atoms with Crippen LogP contribution in [0.25, 0.3) is 0 Å². The summed E-state index contributed by atoms with van der Waals surface area (Å²) in [5, 5.41) is 4.48. The second-order valence-electron chi connectivity index (χ2n) is 5.77. The smallest absolute Gasteiger partial charge is 0.349 e. The lowest BCUT2D eigenvalue weighted by atomic mass is 10.2. The van der Waals surface area contributed by atoms with Crippen LogP contribution in [0.15, 0.2) is 29.3 Å². The molecule has 4 rings (SSSR count). The molecule has 31 heavy (non-hydrogen) atoms. The number of nitrogens with zero attached hydrogens (tertiary/aromatic N) is 1. The summed E-state index contributed by atoms with van der Waals surface area (Å²) in [6, 6.07) is 7.37. The third-order valence-electron chi connectivity index (χ3n) is 3.71. The standard InChI is InChI=1S/C9H4ClF3INS.C8H5ClINS.CH3F.CH4/c10-5-3-7-4(1-6(5)14)2-8(15-7)16-9(11,12)13;9-5-3-7-4(1-6(5)10)2-8(12)11-7;1-2;/h1,3H,2H2;1,3H,2H2,(H,11,12);1H3;1H4/i;;1D;. The van der Waals surface area contributed by atoms with E-state index in [1.54, 1.807) is 12.1 Å². The van der Waals surface area contributed by atoms with Gasteiger partial charge >= 0.3 is 5.51 Å². The van der Waals surface area contributed by atoms with Crippen LogP contribution in [-0.2, 0) is 12.8 Å². The molecule has 0 unspecified atom stereocenters. The Morgan fingerprint density at radius 1 is 1.10 bits per heavy atom. The minimum Gasteiger partial charge on any atom is -0.349 e. The number of thiocarbonyl (C=S) groups is 1. The van der Waals surface area contributed by atoms with Crippen LogP contribution in [0.1, 0.15) is 19.9 Å². The van der Waals surface area contributed by atoms with Crippen molar-refractivity contribution in [1.29, 1.82) is 0 Å². The van der Waals surface area contributed by atoms with Crippen LogP contribution in [0.4, 0.5) is 28.9 Å². The molecule has 2 aromatic rings. The van der Waals surface area contributed by atoms with Gasteiger partial charge in [-0.1, -0.05) is 42.8 Å². The van der Waals surface area contributed by atoms with Crippen LogP contribution in [0.3, 0.4) is 0 Å². The van der Waals surface area contributed by atoms with Gasteiger partial charge in [0.2, 0.25) is 0 Å². The van der Waals surface area contributed by atoms with Crippen molar-refractivity contribution in [2.45, 2.75) is 25.8 Å². The molecule has 0 amide bonds. The molecule has 0 aliphatic carbocycles. The zero-order chi connectivity index (χ0) is 23.3. The lowest BCUT2D eigenvalue weighted by Crippen LogP contribution is -2.06. The first-order valence-electron chi connectivity index (χ1n) is 8.58. The Bertz CT molecular complexity index is 991. The third-order valence-corrected chi connectivity index (χ3v) is 7.71. The number of aliphatic imine (C=N–C) groups is 1. The number of alkyl halides is 4. The minimum atomic E-state index is -4.28. The molecule has 170 valence electrons. The number of hydrogen-bond donors (Lipinski definition) is 1. The molecule has 2 aliphatic heterocycles. The molecule has 0 fully saturated rings. The summed E-state index contributed by atoms with van der Waals surface area (Å²) in [7, 11) is -1.00. The summed E-state index contributed by atoms with van der Waals surface area (Å²) in [5.41, 5.74) is -0.644. The van der Waals surface area contributed by atoms with Crippen LogP contribution in [0.5, 0.6) is 0 Å². The van der Waals surface area contributed by atoms with Gasteiger partial charge in [0.15, 0.2) is 0 Å². The van der Waals surface area contributed by atoms with Gasteiger partial charge in [0.1, 0.15) is 0 Å². The number of fused-ring (bicyclic) bond motifs is 2. The highest BCUT2D eigenvalue weighted by Gasteiger charge is 2.33. The number of rotatable bonds is 0. The lowest BCUT2D eigenvalue weighted by molar-refractivity contribution is -0.0316. The van der Waals surface area contributed by atoms with E-state index in [0.29, 0.717) is 10.7 Å². The Morgan fingerprint density at radius 2 is 1.65 bits per heavy atom. The number of halogens is 8. The number of thioether (sulfide) groups is 1. The van der Waals surface area contributed by atoms with E-state index in [0.717, 1.165) is 34.8 Å². The molecule has 0 aromatic heterocycles. The van der Waals surface area contributed by atoms with E-state index < -0.39 is 12.7 Å². The first-order valence-corrected chi connectivity index (χ1v) is 12.0. The molecule has 0 bridgehead atoms. The predicted octanol–water partition coefficient (Wildman–Crippen LogP) is 9.25. The van der Waals surface area contributed by atoms with Crippen molar-refractivity contribution in [3.8, 4) is 0 Å². The maximum absolute atomic E-state index is 12.1. The van der Waals surface area contributed by atoms with Gasteiger partial charge in [-0.3, -0.25) is 4.39 Å². The summed E-state index contributed by atoms with van der Waals surface area (Å²) < 4.78 is 53.8. The second-order valence-corrected chi connectivity index (χ2v) is 10.5. The third kappa shape index (κ3) is 8.43. The molecular formula is C19H16Cl2F4I2N2S2. The first kappa shape index (κ1) is 27.4. The van der Waals surface area contributed by atoms with Gasteiger partial charge in [-0.05, 0) is 80.6 Å². The monoisotopic (exact) mass is 737 g/mol. The molecule has 12 heteroatoms. The fourth-order valence-electron chi connectivity index (χ4n) is 2.57. The van der Waals surface area contributed by atoms with Gasteiger partial charge in [0.25, 0.3) is 0 Å². The molecule has 0 radical (unpaired) electrons. The zero-order valence-corrected chi connectivity index (χ0v) is 22.2. The Hall–Kier alpha value is 0.110. The summed E-state index contributed by atoms with van der Waals surface area (Å²) >= 11 is 21.0. The van der Waals surface area contributed by atoms with Crippen LogP contribution in [0, 0.1) is 7.14 Å². The molecule has 0 spiro atoms. The molecule has 2 aromatic carbocycles. The number of nitrogens with one attached hydrogen (secondary N) is 1. The summed E-state index contributed by atoms with van der Waals surface area (Å²) in [6.45, 7) is 0. The largest absolute Gasteiger partial charge is 0.447 e. The van der Waals surface area contributed by atoms with E-state index in [2.05, 4.69) is 39.0 Å². The van der Waals surface area contributed by atoms with Gasteiger partial charge in [0, 0.05) is 37.4 Å². The molecule has 1 N–H and O–H groups in total. The van der Waals surface area contributed by atoms with Crippen LogP contribution < -0.4 is 5.32 Å². The fraction of sp³-hybridized carbons (Fsp3) is 0.263. The topological polar surface area (TPSA) is 24.4 Å². The van der Waals surface area contributed by atoms with E-state index in [-0.39, 0.29) is 30.7 Å². The predicted molar refractivity (Wildman–Crippen MR) is 146 cm³/mol. The highest BCUT2D eigenvalue weighted by atomic mass is 127. The maximum atomic E-state index is 12.1. The lowest BCUT2D eigenvalue weighted by Gasteiger charge is -2.03. The first-order chi connectivity index (χ1) is 14.4. The molecule has 0 atom stereocenters. The van der Waals surface area contributed by atoms with Gasteiger partial charge in [0.05, 0.1) is 34.3 Å². The van der Waals surface area contributed by atoms with Crippen molar-refractivity contribution in [2.75, 3.05) is 12.5 Å². The van der Waals surface area contributed by atoms with E-state index in [1.807, 2.05) is 28.7 Å². The summed E-state index contributed by atoms with van der Waals surface area (Å²) in [6.07, 6.45) is 1.07. The highest BCUT2D eigenvalue weighted by Crippen LogP contribution is 2.40. The van der Waals surface area contributed by atoms with Gasteiger partial charge in [-0.25, -0.2) is 4.99 Å². The van der Waals surface area contributed by atoms with Crippen molar-refractivity contribution in [3.05, 3.63) is 52.6 Å². The summed E-state index contributed by atoms with van der Waals surface area (Å²) in [4.78, 5) is 4.79. The highest BCUT2D eigenvalue weighted by molar-refractivity contribution is 14.1. The van der Waals surface area contributed by atoms with Crippen LogP contribution in [0.2, 0.25) is 10.0 Å². The van der Waals surface area contributed by atoms with E-state index in [1.165, 1.54) is 5.56 Å². The molecule has 2 heterocycles.